The van der Waals surface area contributed by atoms with Crippen LogP contribution >= 0.6 is 23.8 Å². The van der Waals surface area contributed by atoms with Crippen molar-refractivity contribution in [2.24, 2.45) is 11.7 Å². The Balaban J connectivity index is 2.35. The first-order chi connectivity index (χ1) is 8.00. The number of thiocarbonyl (C=S) groups is 1. The van der Waals surface area contributed by atoms with Gasteiger partial charge in [-0.15, -0.1) is 0 Å². The highest BCUT2D eigenvalue weighted by Crippen LogP contribution is 2.09. The van der Waals surface area contributed by atoms with E-state index in [2.05, 4.69) is 5.32 Å². The molecule has 1 atom stereocenters. The first-order valence-electron chi connectivity index (χ1n) is 5.32. The molecule has 0 heterocycles. The van der Waals surface area contributed by atoms with E-state index in [1.54, 1.807) is 6.92 Å². The fourth-order valence-electron chi connectivity index (χ4n) is 1.26. The summed E-state index contributed by atoms with van der Waals surface area (Å²) in [5.74, 6) is -0.554. The predicted octanol–water partition coefficient (Wildman–Crippen LogP) is 1.92. The van der Waals surface area contributed by atoms with E-state index >= 15 is 0 Å². The van der Waals surface area contributed by atoms with Crippen molar-refractivity contribution in [2.45, 2.75) is 13.3 Å². The molecule has 0 aliphatic carbocycles. The van der Waals surface area contributed by atoms with E-state index < -0.39 is 5.92 Å². The Hall–Kier alpha value is -1.13. The maximum Gasteiger partial charge on any atom is 0.229 e. The minimum atomic E-state index is -0.421. The molecular formula is C12H15ClN2OS. The molecule has 0 bridgehead atoms. The molecule has 0 aliphatic heterocycles. The third kappa shape index (κ3) is 4.71. The molecule has 5 heteroatoms. The van der Waals surface area contributed by atoms with Crippen LogP contribution in [0.2, 0.25) is 5.02 Å². The van der Waals surface area contributed by atoms with Crippen molar-refractivity contribution >= 4 is 34.7 Å². The number of carbonyl (C=O) groups excluding carboxylic acids is 1. The monoisotopic (exact) mass is 270 g/mol. The molecule has 3 N–H and O–H groups in total. The summed E-state index contributed by atoms with van der Waals surface area (Å²) in [6, 6.07) is 7.53. The average Bonchev–Trinajstić information content (AvgIpc) is 2.30. The van der Waals surface area contributed by atoms with E-state index in [1.165, 1.54) is 0 Å². The van der Waals surface area contributed by atoms with Gasteiger partial charge >= 0.3 is 0 Å². The highest BCUT2D eigenvalue weighted by Gasteiger charge is 2.14. The standard InChI is InChI=1S/C12H15ClN2OS/c1-8(11(14)17)12(16)15-7-6-9-2-4-10(13)5-3-9/h2-5,8H,6-7H2,1H3,(H2,14,17)(H,15,16). The molecule has 0 spiro atoms. The van der Waals surface area contributed by atoms with Gasteiger partial charge in [0.2, 0.25) is 5.91 Å². The van der Waals surface area contributed by atoms with Gasteiger partial charge in [0.15, 0.2) is 0 Å². The van der Waals surface area contributed by atoms with Crippen molar-refractivity contribution in [1.82, 2.24) is 5.32 Å². The van der Waals surface area contributed by atoms with Crippen LogP contribution in [0.15, 0.2) is 24.3 Å². The first kappa shape index (κ1) is 13.9. The Morgan fingerprint density at radius 3 is 2.59 bits per heavy atom. The number of hydrogen-bond acceptors (Lipinski definition) is 2. The smallest absolute Gasteiger partial charge is 0.229 e. The quantitative estimate of drug-likeness (QED) is 0.804. The number of amides is 1. The molecule has 1 unspecified atom stereocenters. The van der Waals surface area contributed by atoms with E-state index in [9.17, 15) is 4.79 Å². The summed E-state index contributed by atoms with van der Waals surface area (Å²) in [5, 5.41) is 3.50. The van der Waals surface area contributed by atoms with Crippen molar-refractivity contribution < 1.29 is 4.79 Å². The molecule has 0 radical (unpaired) electrons. The number of hydrogen-bond donors (Lipinski definition) is 2. The molecule has 0 fully saturated rings. The van der Waals surface area contributed by atoms with Crippen LogP contribution in [0.3, 0.4) is 0 Å². The number of nitrogens with two attached hydrogens (primary N) is 1. The van der Waals surface area contributed by atoms with E-state index in [1.807, 2.05) is 24.3 Å². The molecule has 0 saturated heterocycles. The highest BCUT2D eigenvalue weighted by molar-refractivity contribution is 7.80. The maximum absolute atomic E-state index is 11.5. The zero-order valence-electron chi connectivity index (χ0n) is 9.57. The molecular weight excluding hydrogens is 256 g/mol. The van der Waals surface area contributed by atoms with Gasteiger partial charge in [-0.3, -0.25) is 4.79 Å². The third-order valence-corrected chi connectivity index (χ3v) is 3.05. The lowest BCUT2D eigenvalue weighted by Gasteiger charge is -2.10. The fraction of sp³-hybridized carbons (Fsp3) is 0.333. The number of benzene rings is 1. The summed E-state index contributed by atoms with van der Waals surface area (Å²) < 4.78 is 0. The number of carbonyl (C=O) groups is 1. The number of nitrogens with one attached hydrogen (secondary N) is 1. The summed E-state index contributed by atoms with van der Waals surface area (Å²) in [4.78, 5) is 11.7. The topological polar surface area (TPSA) is 55.1 Å². The summed E-state index contributed by atoms with van der Waals surface area (Å²) in [5.41, 5.74) is 6.52. The van der Waals surface area contributed by atoms with Gasteiger partial charge in [-0.2, -0.15) is 0 Å². The summed E-state index contributed by atoms with van der Waals surface area (Å²) >= 11 is 10.5. The Kier molecular flexibility index (Phi) is 5.38. The first-order valence-corrected chi connectivity index (χ1v) is 6.11. The SMILES string of the molecule is CC(C(=O)NCCc1ccc(Cl)cc1)C(N)=S. The molecule has 0 saturated carbocycles. The van der Waals surface area contributed by atoms with E-state index in [0.29, 0.717) is 11.6 Å². The van der Waals surface area contributed by atoms with Gasteiger partial charge in [-0.1, -0.05) is 36.0 Å². The molecule has 1 rings (SSSR count). The second kappa shape index (κ2) is 6.57. The highest BCUT2D eigenvalue weighted by atomic mass is 35.5. The molecule has 3 nitrogen and oxygen atoms in total. The van der Waals surface area contributed by atoms with Crippen LogP contribution in [0.5, 0.6) is 0 Å². The van der Waals surface area contributed by atoms with Gasteiger partial charge in [0.1, 0.15) is 0 Å². The lowest BCUT2D eigenvalue weighted by atomic mass is 10.1. The van der Waals surface area contributed by atoms with Crippen LogP contribution in [0, 0.1) is 5.92 Å². The van der Waals surface area contributed by atoms with Crippen LogP contribution in [0.25, 0.3) is 0 Å². The molecule has 1 amide bonds. The number of rotatable bonds is 5. The van der Waals surface area contributed by atoms with Gasteiger partial charge in [0.25, 0.3) is 0 Å². The van der Waals surface area contributed by atoms with E-state index in [4.69, 9.17) is 29.6 Å². The minimum absolute atomic E-state index is 0.133. The van der Waals surface area contributed by atoms with Gasteiger partial charge in [-0.25, -0.2) is 0 Å². The molecule has 17 heavy (non-hydrogen) atoms. The summed E-state index contributed by atoms with van der Waals surface area (Å²) in [7, 11) is 0. The maximum atomic E-state index is 11.5. The van der Waals surface area contributed by atoms with Crippen molar-refractivity contribution in [2.75, 3.05) is 6.54 Å². The van der Waals surface area contributed by atoms with Crippen molar-refractivity contribution in [1.29, 1.82) is 0 Å². The summed E-state index contributed by atoms with van der Waals surface area (Å²) in [6.45, 7) is 2.26. The molecule has 0 aliphatic rings. The average molecular weight is 271 g/mol. The second-order valence-corrected chi connectivity index (χ2v) is 4.70. The van der Waals surface area contributed by atoms with Gasteiger partial charge in [0, 0.05) is 11.6 Å². The Bertz CT molecular complexity index is 405. The van der Waals surface area contributed by atoms with Gasteiger partial charge in [0.05, 0.1) is 10.9 Å². The molecule has 0 aromatic heterocycles. The Labute approximate surface area is 111 Å². The van der Waals surface area contributed by atoms with Crippen LogP contribution < -0.4 is 11.1 Å². The molecule has 92 valence electrons. The second-order valence-electron chi connectivity index (χ2n) is 3.79. The van der Waals surface area contributed by atoms with Crippen molar-refractivity contribution in [3.05, 3.63) is 34.9 Å². The van der Waals surface area contributed by atoms with Crippen molar-refractivity contribution in [3.8, 4) is 0 Å². The van der Waals surface area contributed by atoms with E-state index in [-0.39, 0.29) is 10.9 Å². The van der Waals surface area contributed by atoms with Gasteiger partial charge in [-0.05, 0) is 31.0 Å². The van der Waals surface area contributed by atoms with Crippen molar-refractivity contribution in [3.63, 3.8) is 0 Å². The Morgan fingerprint density at radius 2 is 2.06 bits per heavy atom. The van der Waals surface area contributed by atoms with Crippen LogP contribution in [-0.2, 0) is 11.2 Å². The van der Waals surface area contributed by atoms with Crippen LogP contribution in [-0.4, -0.2) is 17.4 Å². The summed E-state index contributed by atoms with van der Waals surface area (Å²) in [6.07, 6.45) is 0.757. The zero-order valence-corrected chi connectivity index (χ0v) is 11.1. The number of halogens is 1. The van der Waals surface area contributed by atoms with Crippen LogP contribution in [0.4, 0.5) is 0 Å². The lowest BCUT2D eigenvalue weighted by molar-refractivity contribution is -0.122. The molecule has 1 aromatic rings. The zero-order chi connectivity index (χ0) is 12.8. The largest absolute Gasteiger partial charge is 0.393 e. The minimum Gasteiger partial charge on any atom is -0.393 e. The third-order valence-electron chi connectivity index (χ3n) is 2.45. The van der Waals surface area contributed by atoms with Gasteiger partial charge < -0.3 is 11.1 Å². The normalized spacial score (nSPS) is 11.9. The predicted molar refractivity (Wildman–Crippen MR) is 74.1 cm³/mol. The molecule has 1 aromatic carbocycles. The lowest BCUT2D eigenvalue weighted by Crippen LogP contribution is -2.36. The fourth-order valence-corrected chi connectivity index (χ4v) is 1.50. The Morgan fingerprint density at radius 1 is 1.47 bits per heavy atom. The van der Waals surface area contributed by atoms with Crippen LogP contribution in [0.1, 0.15) is 12.5 Å². The van der Waals surface area contributed by atoms with E-state index in [0.717, 1.165) is 12.0 Å².